The van der Waals surface area contributed by atoms with Crippen LogP contribution in [-0.2, 0) is 23.9 Å². The van der Waals surface area contributed by atoms with Crippen molar-refractivity contribution in [3.05, 3.63) is 0 Å². The number of ether oxygens (including phenoxy) is 2. The molecule has 0 bridgehead atoms. The fraction of sp³-hybridized carbons (Fsp3) is 0.667. The Morgan fingerprint density at radius 2 is 1.81 bits per heavy atom. The number of hydrogen-bond donors (Lipinski definition) is 2. The molecule has 0 aromatic heterocycles. The first-order valence-electron chi connectivity index (χ1n) is 4.60. The molecule has 0 aliphatic carbocycles. The Kier molecular flexibility index (Phi) is 7.36. The summed E-state index contributed by atoms with van der Waals surface area (Å²) in [6.07, 6.45) is -0.0588. The molecule has 0 saturated carbocycles. The fourth-order valence-corrected chi connectivity index (χ4v) is 1.15. The molecular formula is C9H15NO5S. The van der Waals surface area contributed by atoms with Crippen LogP contribution in [0.3, 0.4) is 0 Å². The first kappa shape index (κ1) is 14.8. The molecule has 0 aliphatic rings. The Balaban J connectivity index is 4.01. The molecule has 0 aromatic rings. The fourth-order valence-electron chi connectivity index (χ4n) is 0.906. The van der Waals surface area contributed by atoms with Crippen LogP contribution in [0.25, 0.3) is 0 Å². The van der Waals surface area contributed by atoms with E-state index in [1.807, 2.05) is 0 Å². The summed E-state index contributed by atoms with van der Waals surface area (Å²) >= 11 is 3.90. The average molecular weight is 249 g/mol. The van der Waals surface area contributed by atoms with Crippen LogP contribution in [0.5, 0.6) is 0 Å². The number of rotatable bonds is 6. The van der Waals surface area contributed by atoms with Crippen molar-refractivity contribution in [3.8, 4) is 0 Å². The first-order chi connectivity index (χ1) is 7.54. The first-order valence-corrected chi connectivity index (χ1v) is 5.23. The molecule has 16 heavy (non-hydrogen) atoms. The lowest BCUT2D eigenvalue weighted by Crippen LogP contribution is -2.42. The number of carbonyl (C=O) groups excluding carboxylic acids is 3. The van der Waals surface area contributed by atoms with Crippen LogP contribution >= 0.6 is 12.6 Å². The van der Waals surface area contributed by atoms with Crippen molar-refractivity contribution < 1.29 is 23.9 Å². The van der Waals surface area contributed by atoms with Crippen LogP contribution in [0.2, 0.25) is 0 Å². The zero-order valence-corrected chi connectivity index (χ0v) is 10.1. The summed E-state index contributed by atoms with van der Waals surface area (Å²) in [5, 5.41) is 2.40. The Morgan fingerprint density at radius 1 is 1.19 bits per heavy atom. The van der Waals surface area contributed by atoms with E-state index in [2.05, 4.69) is 27.4 Å². The molecule has 1 amide bonds. The summed E-state index contributed by atoms with van der Waals surface area (Å²) < 4.78 is 8.83. The van der Waals surface area contributed by atoms with Gasteiger partial charge in [0.05, 0.1) is 20.6 Å². The minimum Gasteiger partial charge on any atom is -0.469 e. The van der Waals surface area contributed by atoms with E-state index in [-0.39, 0.29) is 18.6 Å². The number of esters is 2. The highest BCUT2D eigenvalue weighted by Gasteiger charge is 2.19. The van der Waals surface area contributed by atoms with Gasteiger partial charge in [0.25, 0.3) is 0 Å². The van der Waals surface area contributed by atoms with Crippen LogP contribution in [0.4, 0.5) is 0 Å². The van der Waals surface area contributed by atoms with Crippen LogP contribution in [0, 0.1) is 0 Å². The molecule has 0 rings (SSSR count). The van der Waals surface area contributed by atoms with Gasteiger partial charge in [0.15, 0.2) is 0 Å². The lowest BCUT2D eigenvalue weighted by molar-refractivity contribution is -0.144. The zero-order chi connectivity index (χ0) is 12.6. The van der Waals surface area contributed by atoms with Gasteiger partial charge < -0.3 is 14.8 Å². The molecule has 0 unspecified atom stereocenters. The maximum Gasteiger partial charge on any atom is 0.329 e. The lowest BCUT2D eigenvalue weighted by atomic mass is 10.2. The summed E-state index contributed by atoms with van der Waals surface area (Å²) in [6, 6.07) is -0.793. The van der Waals surface area contributed by atoms with Crippen molar-refractivity contribution in [2.24, 2.45) is 0 Å². The molecule has 0 spiro atoms. The second kappa shape index (κ2) is 7.98. The minimum atomic E-state index is -0.793. The molecule has 0 saturated heterocycles. The summed E-state index contributed by atoms with van der Waals surface area (Å²) in [7, 11) is 2.46. The SMILES string of the molecule is COC(=O)CCC(=O)N[C@@H](CS)C(=O)OC. The van der Waals surface area contributed by atoms with Gasteiger partial charge in [0.2, 0.25) is 5.91 Å². The normalized spacial score (nSPS) is 11.4. The van der Waals surface area contributed by atoms with Crippen molar-refractivity contribution >= 4 is 30.5 Å². The topological polar surface area (TPSA) is 81.7 Å². The minimum absolute atomic E-state index is 0.0250. The number of carbonyl (C=O) groups is 3. The molecular weight excluding hydrogens is 234 g/mol. The molecule has 92 valence electrons. The van der Waals surface area contributed by atoms with E-state index in [1.165, 1.54) is 14.2 Å². The molecule has 1 atom stereocenters. The molecule has 0 aromatic carbocycles. The summed E-state index contributed by atoms with van der Waals surface area (Å²) in [5.74, 6) is -1.33. The molecule has 7 heteroatoms. The van der Waals surface area contributed by atoms with E-state index in [1.54, 1.807) is 0 Å². The van der Waals surface area contributed by atoms with Gasteiger partial charge in [-0.2, -0.15) is 12.6 Å². The van der Waals surface area contributed by atoms with Crippen molar-refractivity contribution in [3.63, 3.8) is 0 Å². The van der Waals surface area contributed by atoms with Gasteiger partial charge in [-0.1, -0.05) is 0 Å². The van der Waals surface area contributed by atoms with Gasteiger partial charge >= 0.3 is 11.9 Å². The third-order valence-corrected chi connectivity index (χ3v) is 2.15. The van der Waals surface area contributed by atoms with Gasteiger partial charge in [0.1, 0.15) is 6.04 Å². The third-order valence-electron chi connectivity index (χ3n) is 1.79. The second-order valence-corrected chi connectivity index (χ2v) is 3.27. The standard InChI is InChI=1S/C9H15NO5S/c1-14-8(12)4-3-7(11)10-6(5-16)9(13)15-2/h6,16H,3-5H2,1-2H3,(H,10,11)/t6-/m0/s1. The van der Waals surface area contributed by atoms with Crippen LogP contribution in [0.1, 0.15) is 12.8 Å². The maximum atomic E-state index is 11.3. The van der Waals surface area contributed by atoms with Gasteiger partial charge in [0, 0.05) is 12.2 Å². The summed E-state index contributed by atoms with van der Waals surface area (Å²) in [6.45, 7) is 0. The predicted molar refractivity (Wildman–Crippen MR) is 59.0 cm³/mol. The van der Waals surface area contributed by atoms with Crippen molar-refractivity contribution in [2.45, 2.75) is 18.9 Å². The molecule has 0 heterocycles. The highest BCUT2D eigenvalue weighted by molar-refractivity contribution is 7.80. The molecule has 0 aliphatic heterocycles. The van der Waals surface area contributed by atoms with Crippen LogP contribution < -0.4 is 5.32 Å². The maximum absolute atomic E-state index is 11.3. The Hall–Kier alpha value is -1.24. The van der Waals surface area contributed by atoms with E-state index in [0.29, 0.717) is 0 Å². The number of nitrogens with one attached hydrogen (secondary N) is 1. The highest BCUT2D eigenvalue weighted by Crippen LogP contribution is 1.96. The Bertz CT molecular complexity index is 269. The van der Waals surface area contributed by atoms with E-state index in [4.69, 9.17) is 0 Å². The molecule has 6 nitrogen and oxygen atoms in total. The smallest absolute Gasteiger partial charge is 0.329 e. The number of thiol groups is 1. The molecule has 1 N–H and O–H groups in total. The summed E-state index contributed by atoms with van der Waals surface area (Å²) in [4.78, 5) is 33.1. The molecule has 0 fully saturated rings. The Labute approximate surface area is 99.1 Å². The van der Waals surface area contributed by atoms with Gasteiger partial charge in [-0.25, -0.2) is 4.79 Å². The molecule has 0 radical (unpaired) electrons. The van der Waals surface area contributed by atoms with Crippen molar-refractivity contribution in [2.75, 3.05) is 20.0 Å². The van der Waals surface area contributed by atoms with Crippen molar-refractivity contribution in [1.29, 1.82) is 0 Å². The lowest BCUT2D eigenvalue weighted by Gasteiger charge is -2.13. The number of amides is 1. The van der Waals surface area contributed by atoms with Crippen LogP contribution in [-0.4, -0.2) is 43.9 Å². The highest BCUT2D eigenvalue weighted by atomic mass is 32.1. The second-order valence-electron chi connectivity index (χ2n) is 2.90. The zero-order valence-electron chi connectivity index (χ0n) is 9.19. The van der Waals surface area contributed by atoms with E-state index in [9.17, 15) is 14.4 Å². The largest absolute Gasteiger partial charge is 0.469 e. The van der Waals surface area contributed by atoms with E-state index < -0.39 is 23.9 Å². The van der Waals surface area contributed by atoms with Crippen LogP contribution in [0.15, 0.2) is 0 Å². The van der Waals surface area contributed by atoms with Crippen molar-refractivity contribution in [1.82, 2.24) is 5.32 Å². The Morgan fingerprint density at radius 3 is 2.25 bits per heavy atom. The van der Waals surface area contributed by atoms with Gasteiger partial charge in [-0.15, -0.1) is 0 Å². The van der Waals surface area contributed by atoms with E-state index in [0.717, 1.165) is 0 Å². The monoisotopic (exact) mass is 249 g/mol. The van der Waals surface area contributed by atoms with Gasteiger partial charge in [-0.05, 0) is 0 Å². The third kappa shape index (κ3) is 5.59. The number of methoxy groups -OCH3 is 2. The average Bonchev–Trinajstić information content (AvgIpc) is 2.31. The quantitative estimate of drug-likeness (QED) is 0.491. The van der Waals surface area contributed by atoms with E-state index >= 15 is 0 Å². The number of hydrogen-bond acceptors (Lipinski definition) is 6. The summed E-state index contributed by atoms with van der Waals surface area (Å²) in [5.41, 5.74) is 0. The van der Waals surface area contributed by atoms with Gasteiger partial charge in [-0.3, -0.25) is 9.59 Å². The predicted octanol–water partition coefficient (Wildman–Crippen LogP) is -0.473.